The fraction of sp³-hybridized carbons (Fsp3) is 0.100. The van der Waals surface area contributed by atoms with Gasteiger partial charge >= 0.3 is 0 Å². The number of sulfonamides is 1. The number of aromatic nitrogens is 2. The fourth-order valence-corrected chi connectivity index (χ4v) is 2.46. The Hall–Kier alpha value is -2.00. The number of nitrogens with one attached hydrogen (secondary N) is 2. The van der Waals surface area contributed by atoms with Crippen LogP contribution in [-0.2, 0) is 16.6 Å². The number of rotatable bonds is 4. The molecule has 0 atom stereocenters. The molecule has 0 aliphatic carbocycles. The molecule has 1 aromatic carbocycles. The topological polar surface area (TPSA) is 101 Å². The summed E-state index contributed by atoms with van der Waals surface area (Å²) in [4.78, 5) is -0.246. The van der Waals surface area contributed by atoms with Crippen LogP contribution in [-0.4, -0.2) is 18.6 Å². The van der Waals surface area contributed by atoms with E-state index in [-0.39, 0.29) is 16.3 Å². The highest BCUT2D eigenvalue weighted by Gasteiger charge is 2.19. The third kappa shape index (κ3) is 2.88. The van der Waals surface area contributed by atoms with Gasteiger partial charge in [-0.25, -0.2) is 21.9 Å². The average molecular weight is 288 g/mol. The Morgan fingerprint density at radius 3 is 2.74 bits per heavy atom. The number of nitrogens with two attached hydrogens (primary N) is 1. The van der Waals surface area contributed by atoms with E-state index in [0.717, 1.165) is 24.4 Å². The number of nitrogens with zero attached hydrogens (tertiary/aromatic N) is 1. The van der Waals surface area contributed by atoms with E-state index in [4.69, 9.17) is 5.73 Å². The van der Waals surface area contributed by atoms with Crippen LogP contribution in [0.2, 0.25) is 0 Å². The van der Waals surface area contributed by atoms with Crippen LogP contribution in [0.15, 0.2) is 29.3 Å². The third-order valence-corrected chi connectivity index (χ3v) is 3.81. The highest BCUT2D eigenvalue weighted by atomic mass is 32.2. The first-order valence-corrected chi connectivity index (χ1v) is 6.61. The first kappa shape index (κ1) is 13.4. The average Bonchev–Trinajstić information content (AvgIpc) is 2.78. The van der Waals surface area contributed by atoms with E-state index >= 15 is 0 Å². The summed E-state index contributed by atoms with van der Waals surface area (Å²) in [7, 11) is -3.93. The van der Waals surface area contributed by atoms with Gasteiger partial charge in [0.1, 0.15) is 22.3 Å². The first-order chi connectivity index (χ1) is 8.90. The van der Waals surface area contributed by atoms with Crippen LogP contribution in [0.25, 0.3) is 0 Å². The predicted octanol–water partition coefficient (Wildman–Crippen LogP) is 0.749. The summed E-state index contributed by atoms with van der Waals surface area (Å²) in [5.41, 5.74) is 5.27. The Kier molecular flexibility index (Phi) is 3.49. The molecular formula is C10H10F2N4O2S. The molecular weight excluding hydrogens is 278 g/mol. The van der Waals surface area contributed by atoms with Gasteiger partial charge in [0, 0.05) is 12.1 Å². The standard InChI is InChI=1S/C10H10F2N4O2S/c11-7-1-2-8(12)6(3-7)4-15-19(17,18)9-5-14-16-10(9)13/h1-3,5,15H,4H2,(H3,13,14,16). The van der Waals surface area contributed by atoms with Crippen LogP contribution in [0.4, 0.5) is 14.6 Å². The third-order valence-electron chi connectivity index (χ3n) is 2.38. The second-order valence-electron chi connectivity index (χ2n) is 3.71. The molecule has 0 amide bonds. The van der Waals surface area contributed by atoms with Gasteiger partial charge in [-0.15, -0.1) is 0 Å². The number of anilines is 1. The fourth-order valence-electron chi connectivity index (χ4n) is 1.43. The Morgan fingerprint density at radius 2 is 2.11 bits per heavy atom. The number of H-pyrrole nitrogens is 1. The van der Waals surface area contributed by atoms with Crippen LogP contribution in [0.1, 0.15) is 5.56 Å². The summed E-state index contributed by atoms with van der Waals surface area (Å²) in [5, 5.41) is 5.74. The molecule has 0 spiro atoms. The van der Waals surface area contributed by atoms with Crippen LogP contribution in [0, 0.1) is 11.6 Å². The van der Waals surface area contributed by atoms with E-state index in [1.165, 1.54) is 0 Å². The normalized spacial score (nSPS) is 11.7. The van der Waals surface area contributed by atoms with E-state index < -0.39 is 28.2 Å². The second-order valence-corrected chi connectivity index (χ2v) is 5.44. The molecule has 1 heterocycles. The van der Waals surface area contributed by atoms with Gasteiger partial charge in [0.2, 0.25) is 10.0 Å². The molecule has 4 N–H and O–H groups in total. The molecule has 0 unspecified atom stereocenters. The number of benzene rings is 1. The largest absolute Gasteiger partial charge is 0.383 e. The molecule has 19 heavy (non-hydrogen) atoms. The number of aromatic amines is 1. The molecule has 0 aliphatic rings. The summed E-state index contributed by atoms with van der Waals surface area (Å²) in [5.74, 6) is -1.49. The lowest BCUT2D eigenvalue weighted by Gasteiger charge is -2.06. The lowest BCUT2D eigenvalue weighted by molar-refractivity contribution is 0.567. The molecule has 0 aliphatic heterocycles. The van der Waals surface area contributed by atoms with Crippen molar-refractivity contribution in [2.24, 2.45) is 0 Å². The summed E-state index contributed by atoms with van der Waals surface area (Å²) in [6, 6.07) is 2.78. The minimum absolute atomic E-state index is 0.106. The van der Waals surface area contributed by atoms with Crippen molar-refractivity contribution < 1.29 is 17.2 Å². The molecule has 0 radical (unpaired) electrons. The predicted molar refractivity (Wildman–Crippen MR) is 63.4 cm³/mol. The minimum atomic E-state index is -3.93. The Balaban J connectivity index is 2.19. The van der Waals surface area contributed by atoms with Crippen LogP contribution in [0.3, 0.4) is 0 Å². The van der Waals surface area contributed by atoms with Crippen molar-refractivity contribution in [3.05, 3.63) is 41.6 Å². The second kappa shape index (κ2) is 4.94. The Labute approximate surface area is 107 Å². The maximum atomic E-state index is 13.3. The molecule has 9 heteroatoms. The molecule has 1 aromatic heterocycles. The lowest BCUT2D eigenvalue weighted by atomic mass is 10.2. The zero-order chi connectivity index (χ0) is 14.0. The van der Waals surface area contributed by atoms with Crippen molar-refractivity contribution in [2.75, 3.05) is 5.73 Å². The molecule has 0 saturated heterocycles. The SMILES string of the molecule is Nc1[nH]ncc1S(=O)(=O)NCc1cc(F)ccc1F. The summed E-state index contributed by atoms with van der Waals surface area (Å²) < 4.78 is 52.0. The maximum absolute atomic E-state index is 13.3. The van der Waals surface area contributed by atoms with Crippen molar-refractivity contribution in [2.45, 2.75) is 11.4 Å². The van der Waals surface area contributed by atoms with Crippen molar-refractivity contribution in [1.82, 2.24) is 14.9 Å². The lowest BCUT2D eigenvalue weighted by Crippen LogP contribution is -2.24. The number of hydrogen-bond donors (Lipinski definition) is 3. The highest BCUT2D eigenvalue weighted by molar-refractivity contribution is 7.89. The first-order valence-electron chi connectivity index (χ1n) is 5.12. The number of nitrogen functional groups attached to an aromatic ring is 1. The summed E-state index contributed by atoms with van der Waals surface area (Å²) in [6.45, 7) is -0.392. The minimum Gasteiger partial charge on any atom is -0.383 e. The maximum Gasteiger partial charge on any atom is 0.246 e. The Bertz CT molecular complexity index is 699. The van der Waals surface area contributed by atoms with Gasteiger partial charge in [0.15, 0.2) is 0 Å². The molecule has 0 bridgehead atoms. The van der Waals surface area contributed by atoms with Gasteiger partial charge in [0.25, 0.3) is 0 Å². The van der Waals surface area contributed by atoms with Crippen molar-refractivity contribution in [1.29, 1.82) is 0 Å². The van der Waals surface area contributed by atoms with Gasteiger partial charge < -0.3 is 5.73 Å². The van der Waals surface area contributed by atoms with Gasteiger partial charge in [-0.3, -0.25) is 5.10 Å². The number of hydrogen-bond acceptors (Lipinski definition) is 4. The molecule has 0 saturated carbocycles. The molecule has 2 rings (SSSR count). The monoisotopic (exact) mass is 288 g/mol. The van der Waals surface area contributed by atoms with Crippen molar-refractivity contribution in [3.63, 3.8) is 0 Å². The summed E-state index contributed by atoms with van der Waals surface area (Å²) in [6.07, 6.45) is 1.03. The number of halogens is 2. The smallest absolute Gasteiger partial charge is 0.246 e. The van der Waals surface area contributed by atoms with Gasteiger partial charge in [-0.1, -0.05) is 0 Å². The van der Waals surface area contributed by atoms with E-state index in [1.807, 2.05) is 0 Å². The highest BCUT2D eigenvalue weighted by Crippen LogP contribution is 2.15. The zero-order valence-corrected chi connectivity index (χ0v) is 10.3. The van der Waals surface area contributed by atoms with E-state index in [1.54, 1.807) is 0 Å². The van der Waals surface area contributed by atoms with Gasteiger partial charge in [0.05, 0.1) is 6.20 Å². The zero-order valence-electron chi connectivity index (χ0n) is 9.52. The van der Waals surface area contributed by atoms with Crippen LogP contribution < -0.4 is 10.5 Å². The van der Waals surface area contributed by atoms with Gasteiger partial charge in [-0.05, 0) is 18.2 Å². The van der Waals surface area contributed by atoms with Crippen molar-refractivity contribution in [3.8, 4) is 0 Å². The molecule has 2 aromatic rings. The van der Waals surface area contributed by atoms with Crippen LogP contribution >= 0.6 is 0 Å². The molecule has 102 valence electrons. The van der Waals surface area contributed by atoms with Crippen molar-refractivity contribution >= 4 is 15.8 Å². The molecule has 6 nitrogen and oxygen atoms in total. The van der Waals surface area contributed by atoms with E-state index in [2.05, 4.69) is 14.9 Å². The van der Waals surface area contributed by atoms with E-state index in [0.29, 0.717) is 0 Å². The molecule has 0 fully saturated rings. The van der Waals surface area contributed by atoms with Gasteiger partial charge in [-0.2, -0.15) is 5.10 Å². The van der Waals surface area contributed by atoms with Crippen LogP contribution in [0.5, 0.6) is 0 Å². The quantitative estimate of drug-likeness (QED) is 0.772. The summed E-state index contributed by atoms with van der Waals surface area (Å²) >= 11 is 0. The van der Waals surface area contributed by atoms with E-state index in [9.17, 15) is 17.2 Å². The Morgan fingerprint density at radius 1 is 1.37 bits per heavy atom.